The predicted octanol–water partition coefficient (Wildman–Crippen LogP) is 3.58. The first-order valence-corrected chi connectivity index (χ1v) is 6.29. The molecule has 0 spiro atoms. The monoisotopic (exact) mass is 274 g/mol. The second kappa shape index (κ2) is 6.25. The number of non-ortho nitro benzene ring substituents is 1. The first kappa shape index (κ1) is 14.1. The zero-order valence-corrected chi connectivity index (χ0v) is 11.0. The quantitative estimate of drug-likeness (QED) is 0.669. The van der Waals surface area contributed by atoms with E-state index in [0.29, 0.717) is 12.1 Å². The molecule has 104 valence electrons. The number of benzene rings is 2. The van der Waals surface area contributed by atoms with Gasteiger partial charge < -0.3 is 5.32 Å². The molecule has 0 saturated carbocycles. The fraction of sp³-hybridized carbons (Fsp3) is 0.200. The average Bonchev–Trinajstić information content (AvgIpc) is 2.46. The van der Waals surface area contributed by atoms with Gasteiger partial charge in [-0.25, -0.2) is 4.39 Å². The van der Waals surface area contributed by atoms with E-state index in [1.54, 1.807) is 24.3 Å². The summed E-state index contributed by atoms with van der Waals surface area (Å²) < 4.78 is 13.5. The Labute approximate surface area is 116 Å². The Balaban J connectivity index is 2.05. The maximum Gasteiger partial charge on any atom is 0.269 e. The number of nitrogens with one attached hydrogen (secondary N) is 1. The second-order valence-electron chi connectivity index (χ2n) is 4.55. The van der Waals surface area contributed by atoms with Crippen molar-refractivity contribution in [3.63, 3.8) is 0 Å². The average molecular weight is 274 g/mol. The van der Waals surface area contributed by atoms with Crippen LogP contribution in [0.3, 0.4) is 0 Å². The minimum atomic E-state index is -0.424. The summed E-state index contributed by atoms with van der Waals surface area (Å²) >= 11 is 0. The maximum atomic E-state index is 13.5. The van der Waals surface area contributed by atoms with Crippen molar-refractivity contribution in [2.75, 3.05) is 0 Å². The molecule has 1 unspecified atom stereocenters. The SMILES string of the molecule is CC(NCc1ccccc1F)c1cccc([N+](=O)[O-])c1. The third-order valence-electron chi connectivity index (χ3n) is 3.14. The maximum absolute atomic E-state index is 13.5. The van der Waals surface area contributed by atoms with Crippen molar-refractivity contribution in [1.82, 2.24) is 5.32 Å². The van der Waals surface area contributed by atoms with Gasteiger partial charge in [0.2, 0.25) is 0 Å². The van der Waals surface area contributed by atoms with E-state index in [0.717, 1.165) is 5.56 Å². The molecule has 0 aromatic heterocycles. The van der Waals surface area contributed by atoms with E-state index in [4.69, 9.17) is 0 Å². The van der Waals surface area contributed by atoms with Crippen LogP contribution in [0, 0.1) is 15.9 Å². The Morgan fingerprint density at radius 2 is 2.00 bits per heavy atom. The third kappa shape index (κ3) is 3.39. The minimum absolute atomic E-state index is 0.0574. The zero-order valence-electron chi connectivity index (χ0n) is 11.0. The summed E-state index contributed by atoms with van der Waals surface area (Å²) in [7, 11) is 0. The predicted molar refractivity (Wildman–Crippen MR) is 74.8 cm³/mol. The molecule has 0 amide bonds. The Kier molecular flexibility index (Phi) is 4.42. The lowest BCUT2D eigenvalue weighted by molar-refractivity contribution is -0.384. The van der Waals surface area contributed by atoms with Crippen LogP contribution < -0.4 is 5.32 Å². The van der Waals surface area contributed by atoms with Crippen LogP contribution in [-0.4, -0.2) is 4.92 Å². The molecule has 2 rings (SSSR count). The smallest absolute Gasteiger partial charge is 0.269 e. The van der Waals surface area contributed by atoms with Gasteiger partial charge in [-0.15, -0.1) is 0 Å². The van der Waals surface area contributed by atoms with Gasteiger partial charge in [0.1, 0.15) is 5.82 Å². The molecule has 0 aliphatic carbocycles. The summed E-state index contributed by atoms with van der Waals surface area (Å²) in [6.45, 7) is 2.26. The number of rotatable bonds is 5. The third-order valence-corrected chi connectivity index (χ3v) is 3.14. The molecule has 2 aromatic rings. The van der Waals surface area contributed by atoms with Crippen LogP contribution in [0.1, 0.15) is 24.1 Å². The lowest BCUT2D eigenvalue weighted by atomic mass is 10.1. The number of nitrogens with zero attached hydrogens (tertiary/aromatic N) is 1. The molecule has 0 aliphatic rings. The highest BCUT2D eigenvalue weighted by molar-refractivity contribution is 5.35. The fourth-order valence-electron chi connectivity index (χ4n) is 1.93. The topological polar surface area (TPSA) is 55.2 Å². The van der Waals surface area contributed by atoms with Gasteiger partial charge in [-0.3, -0.25) is 10.1 Å². The summed E-state index contributed by atoms with van der Waals surface area (Å²) in [4.78, 5) is 10.3. The van der Waals surface area contributed by atoms with Gasteiger partial charge in [0.15, 0.2) is 0 Å². The van der Waals surface area contributed by atoms with E-state index in [2.05, 4.69) is 5.32 Å². The van der Waals surface area contributed by atoms with Crippen LogP contribution >= 0.6 is 0 Å². The van der Waals surface area contributed by atoms with Crippen LogP contribution in [0.15, 0.2) is 48.5 Å². The molecule has 20 heavy (non-hydrogen) atoms. The highest BCUT2D eigenvalue weighted by Gasteiger charge is 2.11. The Hall–Kier alpha value is -2.27. The van der Waals surface area contributed by atoms with Gasteiger partial charge in [-0.05, 0) is 18.6 Å². The molecule has 0 heterocycles. The summed E-state index contributed by atoms with van der Waals surface area (Å²) in [5.74, 6) is -0.258. The molecule has 0 fully saturated rings. The molecule has 1 atom stereocenters. The lowest BCUT2D eigenvalue weighted by Gasteiger charge is -2.14. The van der Waals surface area contributed by atoms with Crippen molar-refractivity contribution in [1.29, 1.82) is 0 Å². The van der Waals surface area contributed by atoms with Gasteiger partial charge in [0, 0.05) is 30.3 Å². The molecular formula is C15H15FN2O2. The number of halogens is 1. The van der Waals surface area contributed by atoms with E-state index < -0.39 is 4.92 Å². The van der Waals surface area contributed by atoms with Gasteiger partial charge in [0.05, 0.1) is 4.92 Å². The van der Waals surface area contributed by atoms with E-state index in [1.807, 2.05) is 13.0 Å². The molecule has 0 bridgehead atoms. The lowest BCUT2D eigenvalue weighted by Crippen LogP contribution is -2.18. The van der Waals surface area contributed by atoms with Crippen molar-refractivity contribution in [2.24, 2.45) is 0 Å². The molecule has 5 heteroatoms. The number of nitro benzene ring substituents is 1. The number of hydrogen-bond donors (Lipinski definition) is 1. The molecule has 4 nitrogen and oxygen atoms in total. The summed E-state index contributed by atoms with van der Waals surface area (Å²) in [5, 5.41) is 13.9. The molecule has 0 radical (unpaired) electrons. The molecular weight excluding hydrogens is 259 g/mol. The summed E-state index contributed by atoms with van der Waals surface area (Å²) in [6.07, 6.45) is 0. The van der Waals surface area contributed by atoms with Gasteiger partial charge in [0.25, 0.3) is 5.69 Å². The normalized spacial score (nSPS) is 12.1. The summed E-state index contributed by atoms with van der Waals surface area (Å²) in [6, 6.07) is 12.9. The van der Waals surface area contributed by atoms with E-state index in [1.165, 1.54) is 18.2 Å². The largest absolute Gasteiger partial charge is 0.306 e. The van der Waals surface area contributed by atoms with Gasteiger partial charge in [-0.1, -0.05) is 30.3 Å². The fourth-order valence-corrected chi connectivity index (χ4v) is 1.93. The van der Waals surface area contributed by atoms with E-state index in [-0.39, 0.29) is 17.5 Å². The van der Waals surface area contributed by atoms with Crippen LogP contribution in [0.5, 0.6) is 0 Å². The molecule has 0 saturated heterocycles. The molecule has 1 N–H and O–H groups in total. The first-order chi connectivity index (χ1) is 9.58. The number of hydrogen-bond acceptors (Lipinski definition) is 3. The van der Waals surface area contributed by atoms with Gasteiger partial charge in [-0.2, -0.15) is 0 Å². The van der Waals surface area contributed by atoms with Crippen molar-refractivity contribution < 1.29 is 9.31 Å². The van der Waals surface area contributed by atoms with E-state index >= 15 is 0 Å². The van der Waals surface area contributed by atoms with Crippen LogP contribution in [0.25, 0.3) is 0 Å². The van der Waals surface area contributed by atoms with Crippen molar-refractivity contribution in [2.45, 2.75) is 19.5 Å². The Morgan fingerprint density at radius 1 is 1.25 bits per heavy atom. The minimum Gasteiger partial charge on any atom is -0.306 e. The highest BCUT2D eigenvalue weighted by Crippen LogP contribution is 2.19. The Bertz CT molecular complexity index is 616. The highest BCUT2D eigenvalue weighted by atomic mass is 19.1. The first-order valence-electron chi connectivity index (χ1n) is 6.29. The van der Waals surface area contributed by atoms with Crippen LogP contribution in [-0.2, 0) is 6.54 Å². The standard InChI is InChI=1S/C15H15FN2O2/c1-11(12-6-4-7-14(9-12)18(19)20)17-10-13-5-2-3-8-15(13)16/h2-9,11,17H,10H2,1H3. The number of nitro groups is 1. The van der Waals surface area contributed by atoms with Crippen LogP contribution in [0.4, 0.5) is 10.1 Å². The zero-order chi connectivity index (χ0) is 14.5. The van der Waals surface area contributed by atoms with Crippen molar-refractivity contribution >= 4 is 5.69 Å². The van der Waals surface area contributed by atoms with Crippen molar-refractivity contribution in [3.05, 3.63) is 75.6 Å². The second-order valence-corrected chi connectivity index (χ2v) is 4.55. The molecule has 2 aromatic carbocycles. The summed E-state index contributed by atoms with van der Waals surface area (Å²) in [5.41, 5.74) is 1.43. The van der Waals surface area contributed by atoms with Gasteiger partial charge >= 0.3 is 0 Å². The Morgan fingerprint density at radius 3 is 2.70 bits per heavy atom. The van der Waals surface area contributed by atoms with E-state index in [9.17, 15) is 14.5 Å². The molecule has 0 aliphatic heterocycles. The van der Waals surface area contributed by atoms with Crippen LogP contribution in [0.2, 0.25) is 0 Å². The van der Waals surface area contributed by atoms with Crippen molar-refractivity contribution in [3.8, 4) is 0 Å².